The highest BCUT2D eigenvalue weighted by Crippen LogP contribution is 2.33. The van der Waals surface area contributed by atoms with Crippen LogP contribution in [-0.2, 0) is 14.8 Å². The van der Waals surface area contributed by atoms with Gasteiger partial charge in [-0.1, -0.05) is 0 Å². The van der Waals surface area contributed by atoms with Gasteiger partial charge >= 0.3 is 0 Å². The Morgan fingerprint density at radius 3 is 2.57 bits per heavy atom. The average molecular weight is 474 g/mol. The molecule has 0 radical (unpaired) electrons. The van der Waals surface area contributed by atoms with Crippen molar-refractivity contribution in [2.75, 3.05) is 31.3 Å². The third-order valence-corrected chi connectivity index (χ3v) is 5.51. The number of methoxy groups -OCH3 is 2. The number of nitrogens with zero attached hydrogens (tertiary/aromatic N) is 2. The van der Waals surface area contributed by atoms with Crippen molar-refractivity contribution in [3.05, 3.63) is 40.3 Å². The molecular weight excluding hydrogens is 454 g/mol. The number of carbonyl (C=O) groups is 1. The van der Waals surface area contributed by atoms with E-state index in [2.05, 4.69) is 26.5 Å². The number of amides is 1. The minimum Gasteiger partial charge on any atom is -0.497 e. The lowest BCUT2D eigenvalue weighted by atomic mass is 10.2. The maximum absolute atomic E-state index is 12.2. The fourth-order valence-corrected chi connectivity index (χ4v) is 3.42. The number of aryl methyl sites for hydroxylation is 1. The highest BCUT2D eigenvalue weighted by Gasteiger charge is 2.24. The Hall–Kier alpha value is -2.53. The standard InChI is InChI=1S/C17H20BrN3O6S/c1-11-14(18)7-13(27-11)9-19-20-17(22)10-21(28(4,23)24)15-6-5-12(25-2)8-16(15)26-3/h5-9H,10H2,1-4H3,(H,20,22)/b19-9+. The molecule has 9 nitrogen and oxygen atoms in total. The second-order valence-corrected chi connectivity index (χ2v) is 8.41. The Labute approximate surface area is 171 Å². The lowest BCUT2D eigenvalue weighted by molar-refractivity contribution is -0.119. The zero-order valence-electron chi connectivity index (χ0n) is 15.7. The van der Waals surface area contributed by atoms with Crippen LogP contribution < -0.4 is 19.2 Å². The number of carbonyl (C=O) groups excluding carboxylic acids is 1. The summed E-state index contributed by atoms with van der Waals surface area (Å²) in [5.41, 5.74) is 2.48. The first-order valence-electron chi connectivity index (χ1n) is 7.93. The number of ether oxygens (including phenoxy) is 2. The number of benzene rings is 1. The zero-order chi connectivity index (χ0) is 20.9. The molecule has 2 rings (SSSR count). The molecular formula is C17H20BrN3O6S. The van der Waals surface area contributed by atoms with Gasteiger partial charge in [-0.3, -0.25) is 9.10 Å². The molecule has 1 amide bonds. The van der Waals surface area contributed by atoms with E-state index in [-0.39, 0.29) is 11.4 Å². The number of rotatable bonds is 8. The number of sulfonamides is 1. The first-order chi connectivity index (χ1) is 13.2. The number of halogens is 1. The summed E-state index contributed by atoms with van der Waals surface area (Å²) in [5, 5.41) is 3.78. The molecule has 11 heteroatoms. The molecule has 0 saturated carbocycles. The van der Waals surface area contributed by atoms with Crippen LogP contribution in [0.4, 0.5) is 5.69 Å². The molecule has 1 N–H and O–H groups in total. The van der Waals surface area contributed by atoms with Crippen LogP contribution >= 0.6 is 15.9 Å². The number of nitrogens with one attached hydrogen (secondary N) is 1. The Bertz CT molecular complexity index is 967. The molecule has 0 aliphatic carbocycles. The summed E-state index contributed by atoms with van der Waals surface area (Å²) in [6.07, 6.45) is 2.31. The zero-order valence-corrected chi connectivity index (χ0v) is 18.1. The van der Waals surface area contributed by atoms with Gasteiger partial charge < -0.3 is 13.9 Å². The maximum Gasteiger partial charge on any atom is 0.260 e. The molecule has 0 fully saturated rings. The Morgan fingerprint density at radius 2 is 2.04 bits per heavy atom. The fourth-order valence-electron chi connectivity index (χ4n) is 2.25. The van der Waals surface area contributed by atoms with Crippen LogP contribution in [0.3, 0.4) is 0 Å². The van der Waals surface area contributed by atoms with Crippen molar-refractivity contribution in [2.24, 2.45) is 5.10 Å². The molecule has 0 saturated heterocycles. The molecule has 0 bridgehead atoms. The lowest BCUT2D eigenvalue weighted by Crippen LogP contribution is -2.39. The monoisotopic (exact) mass is 473 g/mol. The normalized spacial score (nSPS) is 11.5. The highest BCUT2D eigenvalue weighted by molar-refractivity contribution is 9.10. The van der Waals surface area contributed by atoms with Crippen molar-refractivity contribution in [1.82, 2.24) is 5.43 Å². The maximum atomic E-state index is 12.2. The summed E-state index contributed by atoms with van der Waals surface area (Å²) in [5.74, 6) is 1.20. The predicted octanol–water partition coefficient (Wildman–Crippen LogP) is 2.28. The summed E-state index contributed by atoms with van der Waals surface area (Å²) in [4.78, 5) is 12.2. The second kappa shape index (κ2) is 9.11. The molecule has 0 atom stereocenters. The van der Waals surface area contributed by atoms with Gasteiger partial charge in [0.05, 0.1) is 36.9 Å². The number of anilines is 1. The molecule has 1 aromatic carbocycles. The van der Waals surface area contributed by atoms with E-state index < -0.39 is 22.5 Å². The SMILES string of the molecule is COc1ccc(N(CC(=O)N/N=C/c2cc(Br)c(C)o2)S(C)(=O)=O)c(OC)c1. The van der Waals surface area contributed by atoms with Gasteiger partial charge in [0.2, 0.25) is 10.0 Å². The quantitative estimate of drug-likeness (QED) is 0.465. The van der Waals surface area contributed by atoms with Crippen LogP contribution in [0.15, 0.2) is 38.3 Å². The van der Waals surface area contributed by atoms with Gasteiger partial charge in [0.25, 0.3) is 5.91 Å². The molecule has 1 heterocycles. The van der Waals surface area contributed by atoms with Crippen molar-refractivity contribution in [3.8, 4) is 11.5 Å². The molecule has 0 unspecified atom stereocenters. The van der Waals surface area contributed by atoms with Crippen LogP contribution in [0.25, 0.3) is 0 Å². The summed E-state index contributed by atoms with van der Waals surface area (Å²) in [6, 6.07) is 6.29. The first kappa shape index (κ1) is 21.8. The van der Waals surface area contributed by atoms with E-state index in [1.165, 1.54) is 32.6 Å². The first-order valence-corrected chi connectivity index (χ1v) is 10.6. The molecule has 2 aromatic rings. The van der Waals surface area contributed by atoms with E-state index >= 15 is 0 Å². The van der Waals surface area contributed by atoms with Crippen molar-refractivity contribution in [1.29, 1.82) is 0 Å². The van der Waals surface area contributed by atoms with E-state index in [1.54, 1.807) is 19.1 Å². The van der Waals surface area contributed by atoms with Gasteiger partial charge in [-0.2, -0.15) is 5.10 Å². The number of furan rings is 1. The van der Waals surface area contributed by atoms with Gasteiger partial charge in [0.15, 0.2) is 0 Å². The Kier molecular flexibility index (Phi) is 7.08. The fraction of sp³-hybridized carbons (Fsp3) is 0.294. The minimum atomic E-state index is -3.77. The van der Waals surface area contributed by atoms with Gasteiger partial charge in [0, 0.05) is 12.1 Å². The Balaban J connectivity index is 2.17. The summed E-state index contributed by atoms with van der Waals surface area (Å²) in [7, 11) is -0.895. The molecule has 0 spiro atoms. The van der Waals surface area contributed by atoms with Crippen LogP contribution in [0.5, 0.6) is 11.5 Å². The third-order valence-electron chi connectivity index (χ3n) is 3.60. The molecule has 28 heavy (non-hydrogen) atoms. The van der Waals surface area contributed by atoms with Crippen molar-refractivity contribution < 1.29 is 27.1 Å². The van der Waals surface area contributed by atoms with Crippen LogP contribution in [0.1, 0.15) is 11.5 Å². The van der Waals surface area contributed by atoms with Gasteiger partial charge in [-0.15, -0.1) is 0 Å². The average Bonchev–Trinajstić information content (AvgIpc) is 2.96. The van der Waals surface area contributed by atoms with E-state index in [0.29, 0.717) is 17.3 Å². The largest absolute Gasteiger partial charge is 0.497 e. The van der Waals surface area contributed by atoms with E-state index in [4.69, 9.17) is 13.9 Å². The topological polar surface area (TPSA) is 110 Å². The molecule has 1 aromatic heterocycles. The third kappa shape index (κ3) is 5.49. The van der Waals surface area contributed by atoms with Gasteiger partial charge in [-0.05, 0) is 35.0 Å². The Morgan fingerprint density at radius 1 is 1.32 bits per heavy atom. The smallest absolute Gasteiger partial charge is 0.260 e. The number of hydrogen-bond donors (Lipinski definition) is 1. The van der Waals surface area contributed by atoms with Crippen molar-refractivity contribution in [3.63, 3.8) is 0 Å². The van der Waals surface area contributed by atoms with Crippen LogP contribution in [0.2, 0.25) is 0 Å². The lowest BCUT2D eigenvalue weighted by Gasteiger charge is -2.23. The van der Waals surface area contributed by atoms with E-state index in [1.807, 2.05) is 0 Å². The summed E-state index contributed by atoms with van der Waals surface area (Å²) >= 11 is 3.30. The predicted molar refractivity (Wildman–Crippen MR) is 109 cm³/mol. The number of hydrogen-bond acceptors (Lipinski definition) is 7. The molecule has 0 aliphatic rings. The highest BCUT2D eigenvalue weighted by atomic mass is 79.9. The van der Waals surface area contributed by atoms with E-state index in [0.717, 1.165) is 15.0 Å². The minimum absolute atomic E-state index is 0.204. The van der Waals surface area contributed by atoms with Crippen molar-refractivity contribution >= 4 is 43.8 Å². The molecule has 0 aliphatic heterocycles. The summed E-state index contributed by atoms with van der Waals surface area (Å²) < 4.78 is 41.9. The summed E-state index contributed by atoms with van der Waals surface area (Å²) in [6.45, 7) is 1.28. The van der Waals surface area contributed by atoms with E-state index in [9.17, 15) is 13.2 Å². The van der Waals surface area contributed by atoms with Crippen LogP contribution in [-0.4, -0.2) is 47.6 Å². The second-order valence-electron chi connectivity index (χ2n) is 5.65. The number of hydrazone groups is 1. The van der Waals surface area contributed by atoms with Crippen molar-refractivity contribution in [2.45, 2.75) is 6.92 Å². The molecule has 152 valence electrons. The van der Waals surface area contributed by atoms with Gasteiger partial charge in [-0.25, -0.2) is 13.8 Å². The van der Waals surface area contributed by atoms with Crippen LogP contribution in [0, 0.1) is 6.92 Å². The van der Waals surface area contributed by atoms with Gasteiger partial charge in [0.1, 0.15) is 29.6 Å².